The van der Waals surface area contributed by atoms with E-state index >= 15 is 0 Å². The van der Waals surface area contributed by atoms with Gasteiger partial charge in [-0.3, -0.25) is 14.6 Å². The summed E-state index contributed by atoms with van der Waals surface area (Å²) in [5, 5.41) is 10.6. The fraction of sp³-hybridized carbons (Fsp3) is 0.708. The summed E-state index contributed by atoms with van der Waals surface area (Å²) >= 11 is 0. The highest BCUT2D eigenvalue weighted by molar-refractivity contribution is 5.77. The summed E-state index contributed by atoms with van der Waals surface area (Å²) in [5.41, 5.74) is 0. The zero-order valence-electron chi connectivity index (χ0n) is 19.5. The lowest BCUT2D eigenvalue weighted by atomic mass is 10.1. The van der Waals surface area contributed by atoms with Gasteiger partial charge in [0.05, 0.1) is 32.0 Å². The summed E-state index contributed by atoms with van der Waals surface area (Å²) in [6.07, 6.45) is -0.474. The Bertz CT molecular complexity index is 669. The summed E-state index contributed by atoms with van der Waals surface area (Å²) in [4.78, 5) is 19.2. The predicted molar refractivity (Wildman–Crippen MR) is 123 cm³/mol. The second-order valence-corrected chi connectivity index (χ2v) is 9.11. The minimum Gasteiger partial charge on any atom is -0.484 e. The van der Waals surface area contributed by atoms with Gasteiger partial charge in [0.25, 0.3) is 5.91 Å². The molecule has 3 rings (SSSR count). The van der Waals surface area contributed by atoms with E-state index in [-0.39, 0.29) is 18.6 Å². The number of aliphatic hydroxyl groups excluding tert-OH is 1. The molecule has 0 saturated carbocycles. The van der Waals surface area contributed by atoms with E-state index in [9.17, 15) is 9.90 Å². The number of hydrogen-bond acceptors (Lipinski definition) is 7. The molecule has 1 aromatic rings. The molecule has 2 saturated heterocycles. The van der Waals surface area contributed by atoms with E-state index in [0.29, 0.717) is 51.0 Å². The van der Waals surface area contributed by atoms with Gasteiger partial charge in [0.2, 0.25) is 0 Å². The molecule has 0 aromatic heterocycles. The van der Waals surface area contributed by atoms with Gasteiger partial charge in [-0.1, -0.05) is 32.0 Å². The molecule has 2 aliphatic heterocycles. The Morgan fingerprint density at radius 2 is 1.81 bits per heavy atom. The largest absolute Gasteiger partial charge is 0.484 e. The number of carbonyl (C=O) groups excluding carboxylic acids is 1. The number of para-hydroxylation sites is 1. The Kier molecular flexibility index (Phi) is 10.2. The van der Waals surface area contributed by atoms with Crippen LogP contribution >= 0.6 is 0 Å². The smallest absolute Gasteiger partial charge is 0.260 e. The maximum absolute atomic E-state index is 12.9. The van der Waals surface area contributed by atoms with Crippen molar-refractivity contribution in [1.29, 1.82) is 0 Å². The SMILES string of the molecule is CC(C)CN(C[C@@H]1CN(C[C@@H](O)CN2CCOCC2)CCO1)C(=O)COc1ccccc1. The lowest BCUT2D eigenvalue weighted by Gasteiger charge is -2.37. The molecule has 8 heteroatoms. The number of nitrogens with zero attached hydrogens (tertiary/aromatic N) is 3. The molecule has 1 N–H and O–H groups in total. The monoisotopic (exact) mass is 449 g/mol. The van der Waals surface area contributed by atoms with Crippen molar-refractivity contribution < 1.29 is 24.1 Å². The van der Waals surface area contributed by atoms with Crippen LogP contribution in [-0.4, -0.2) is 117 Å². The molecule has 2 heterocycles. The zero-order valence-corrected chi connectivity index (χ0v) is 19.5. The maximum Gasteiger partial charge on any atom is 0.260 e. The van der Waals surface area contributed by atoms with Crippen molar-refractivity contribution in [2.45, 2.75) is 26.1 Å². The Morgan fingerprint density at radius 3 is 2.53 bits per heavy atom. The normalized spacial score (nSPS) is 21.4. The molecule has 0 unspecified atom stereocenters. The van der Waals surface area contributed by atoms with Crippen molar-refractivity contribution in [3.8, 4) is 5.75 Å². The van der Waals surface area contributed by atoms with E-state index in [0.717, 1.165) is 32.8 Å². The molecule has 180 valence electrons. The minimum atomic E-state index is -0.403. The molecule has 2 aliphatic rings. The van der Waals surface area contributed by atoms with E-state index in [1.165, 1.54) is 0 Å². The highest BCUT2D eigenvalue weighted by Crippen LogP contribution is 2.12. The van der Waals surface area contributed by atoms with Gasteiger partial charge >= 0.3 is 0 Å². The van der Waals surface area contributed by atoms with Gasteiger partial charge in [0, 0.05) is 52.4 Å². The van der Waals surface area contributed by atoms with Crippen molar-refractivity contribution in [2.75, 3.05) is 78.8 Å². The molecule has 2 fully saturated rings. The average Bonchev–Trinajstić information content (AvgIpc) is 2.78. The van der Waals surface area contributed by atoms with Crippen molar-refractivity contribution in [2.24, 2.45) is 5.92 Å². The fourth-order valence-electron chi connectivity index (χ4n) is 4.21. The third-order valence-electron chi connectivity index (χ3n) is 5.73. The second kappa shape index (κ2) is 13.1. The third kappa shape index (κ3) is 8.67. The molecule has 0 spiro atoms. The molecular formula is C24H39N3O5. The second-order valence-electron chi connectivity index (χ2n) is 9.11. The maximum atomic E-state index is 12.9. The Balaban J connectivity index is 1.47. The Hall–Kier alpha value is -1.71. The first-order valence-electron chi connectivity index (χ1n) is 11.8. The first-order chi connectivity index (χ1) is 15.5. The average molecular weight is 450 g/mol. The molecular weight excluding hydrogens is 410 g/mol. The van der Waals surface area contributed by atoms with E-state index in [4.69, 9.17) is 14.2 Å². The number of carbonyl (C=O) groups is 1. The van der Waals surface area contributed by atoms with Crippen LogP contribution in [0.15, 0.2) is 30.3 Å². The van der Waals surface area contributed by atoms with Crippen molar-refractivity contribution in [1.82, 2.24) is 14.7 Å². The van der Waals surface area contributed by atoms with Crippen LogP contribution in [0.1, 0.15) is 13.8 Å². The molecule has 1 aromatic carbocycles. The standard InChI is InChI=1S/C24H39N3O5/c1-20(2)14-27(24(29)19-32-22-6-4-3-5-7-22)18-23-17-26(10-13-31-23)16-21(28)15-25-8-11-30-12-9-25/h3-7,20-21,23,28H,8-19H2,1-2H3/t21-,23-/m0/s1. The highest BCUT2D eigenvalue weighted by atomic mass is 16.5. The third-order valence-corrected chi connectivity index (χ3v) is 5.73. The van der Waals surface area contributed by atoms with Crippen LogP contribution < -0.4 is 4.74 Å². The van der Waals surface area contributed by atoms with Crippen LogP contribution in [0.5, 0.6) is 5.75 Å². The van der Waals surface area contributed by atoms with E-state index in [1.54, 1.807) is 0 Å². The van der Waals surface area contributed by atoms with Crippen LogP contribution in [0, 0.1) is 5.92 Å². The van der Waals surface area contributed by atoms with Gasteiger partial charge in [-0.05, 0) is 18.1 Å². The number of hydrogen-bond donors (Lipinski definition) is 1. The molecule has 0 radical (unpaired) electrons. The number of morpholine rings is 2. The van der Waals surface area contributed by atoms with Crippen LogP contribution in [0.2, 0.25) is 0 Å². The van der Waals surface area contributed by atoms with E-state index in [2.05, 4.69) is 23.6 Å². The first kappa shape index (κ1) is 24.9. The molecule has 1 amide bonds. The topological polar surface area (TPSA) is 74.7 Å². The van der Waals surface area contributed by atoms with Crippen molar-refractivity contribution in [3.05, 3.63) is 30.3 Å². The summed E-state index contributed by atoms with van der Waals surface area (Å²) < 4.78 is 17.0. The zero-order chi connectivity index (χ0) is 22.8. The summed E-state index contributed by atoms with van der Waals surface area (Å²) in [7, 11) is 0. The summed E-state index contributed by atoms with van der Waals surface area (Å²) in [5.74, 6) is 1.01. The van der Waals surface area contributed by atoms with Crippen LogP contribution in [0.3, 0.4) is 0 Å². The lowest BCUT2D eigenvalue weighted by molar-refractivity contribution is -0.137. The van der Waals surface area contributed by atoms with Gasteiger partial charge in [0.1, 0.15) is 5.75 Å². The number of ether oxygens (including phenoxy) is 3. The Labute approximate surface area is 192 Å². The number of β-amino-alcohol motifs (C(OH)–C–C–N with tert-alkyl or cyclic N) is 1. The van der Waals surface area contributed by atoms with Crippen LogP contribution in [0.4, 0.5) is 0 Å². The molecule has 0 bridgehead atoms. The molecule has 8 nitrogen and oxygen atoms in total. The van der Waals surface area contributed by atoms with Gasteiger partial charge in [-0.15, -0.1) is 0 Å². The quantitative estimate of drug-likeness (QED) is 0.539. The number of rotatable bonds is 11. The number of amides is 1. The van der Waals surface area contributed by atoms with Crippen LogP contribution in [-0.2, 0) is 14.3 Å². The summed E-state index contributed by atoms with van der Waals surface area (Å²) in [6, 6.07) is 9.41. The Morgan fingerprint density at radius 1 is 1.12 bits per heavy atom. The fourth-order valence-corrected chi connectivity index (χ4v) is 4.21. The van der Waals surface area contributed by atoms with Gasteiger partial charge in [-0.25, -0.2) is 0 Å². The molecule has 2 atom stereocenters. The minimum absolute atomic E-state index is 0.0193. The number of aliphatic hydroxyl groups is 1. The van der Waals surface area contributed by atoms with Gasteiger partial charge < -0.3 is 24.2 Å². The van der Waals surface area contributed by atoms with Crippen LogP contribution in [0.25, 0.3) is 0 Å². The predicted octanol–water partition coefficient (Wildman–Crippen LogP) is 0.944. The van der Waals surface area contributed by atoms with Gasteiger partial charge in [0.15, 0.2) is 6.61 Å². The van der Waals surface area contributed by atoms with Crippen molar-refractivity contribution >= 4 is 5.91 Å². The van der Waals surface area contributed by atoms with Gasteiger partial charge in [-0.2, -0.15) is 0 Å². The van der Waals surface area contributed by atoms with E-state index in [1.807, 2.05) is 35.2 Å². The summed E-state index contributed by atoms with van der Waals surface area (Å²) in [6.45, 7) is 12.1. The highest BCUT2D eigenvalue weighted by Gasteiger charge is 2.27. The molecule has 0 aliphatic carbocycles. The number of benzene rings is 1. The first-order valence-corrected chi connectivity index (χ1v) is 11.8. The lowest BCUT2D eigenvalue weighted by Crippen LogP contribution is -2.52. The van der Waals surface area contributed by atoms with Crippen molar-refractivity contribution in [3.63, 3.8) is 0 Å². The van der Waals surface area contributed by atoms with E-state index < -0.39 is 6.10 Å². The molecule has 32 heavy (non-hydrogen) atoms.